The summed E-state index contributed by atoms with van der Waals surface area (Å²) in [6.45, 7) is 4.77. The van der Waals surface area contributed by atoms with Crippen LogP contribution in [0.1, 0.15) is 25.8 Å². The lowest BCUT2D eigenvalue weighted by Gasteiger charge is -2.15. The van der Waals surface area contributed by atoms with Crippen molar-refractivity contribution in [3.8, 4) is 11.3 Å². The fraction of sp³-hybridized carbons (Fsp3) is 0.333. The Labute approximate surface area is 127 Å². The zero-order valence-electron chi connectivity index (χ0n) is 11.9. The van der Waals surface area contributed by atoms with Gasteiger partial charge in [-0.3, -0.25) is 0 Å². The van der Waals surface area contributed by atoms with E-state index in [0.717, 1.165) is 28.1 Å². The number of benzene rings is 1. The molecule has 0 fully saturated rings. The molecule has 1 unspecified atom stereocenters. The Hall–Kier alpha value is -1.46. The van der Waals surface area contributed by atoms with Gasteiger partial charge in [-0.05, 0) is 29.8 Å². The molecule has 1 N–H and O–H groups in total. The molecule has 1 aromatic carbocycles. The number of nitrogens with zero attached hydrogens (tertiary/aromatic N) is 2. The number of methoxy groups -OCH3 is 1. The Kier molecular flexibility index (Phi) is 5.09. The third-order valence-electron chi connectivity index (χ3n) is 2.98. The van der Waals surface area contributed by atoms with E-state index in [4.69, 9.17) is 4.74 Å². The summed E-state index contributed by atoms with van der Waals surface area (Å²) < 4.78 is 6.20. The van der Waals surface area contributed by atoms with Crippen molar-refractivity contribution in [3.63, 3.8) is 0 Å². The van der Waals surface area contributed by atoms with Crippen LogP contribution in [-0.2, 0) is 4.74 Å². The average molecular weight is 336 g/mol. The quantitative estimate of drug-likeness (QED) is 0.895. The van der Waals surface area contributed by atoms with Crippen molar-refractivity contribution in [2.45, 2.75) is 20.0 Å². The SMILES string of the molecule is CCNc1nc(C(C)OC)nc(-c2ccccc2)c1Br. The Balaban J connectivity index is 2.57. The van der Waals surface area contributed by atoms with Gasteiger partial charge in [-0.1, -0.05) is 30.3 Å². The molecule has 20 heavy (non-hydrogen) atoms. The first-order chi connectivity index (χ1) is 9.67. The summed E-state index contributed by atoms with van der Waals surface area (Å²) in [6.07, 6.45) is -0.150. The van der Waals surface area contributed by atoms with Gasteiger partial charge < -0.3 is 10.1 Å². The first-order valence-electron chi connectivity index (χ1n) is 6.56. The number of aromatic nitrogens is 2. The molecular formula is C15H18BrN3O. The minimum atomic E-state index is -0.150. The van der Waals surface area contributed by atoms with E-state index in [2.05, 4.69) is 31.2 Å². The van der Waals surface area contributed by atoms with Crippen molar-refractivity contribution < 1.29 is 4.74 Å². The highest BCUT2D eigenvalue weighted by atomic mass is 79.9. The molecule has 0 aliphatic heterocycles. The molecule has 1 heterocycles. The topological polar surface area (TPSA) is 47.0 Å². The Morgan fingerprint density at radius 3 is 2.55 bits per heavy atom. The van der Waals surface area contributed by atoms with Crippen LogP contribution < -0.4 is 5.32 Å². The van der Waals surface area contributed by atoms with Crippen LogP contribution in [0.4, 0.5) is 5.82 Å². The maximum atomic E-state index is 5.33. The summed E-state index contributed by atoms with van der Waals surface area (Å²) in [7, 11) is 1.66. The van der Waals surface area contributed by atoms with Gasteiger partial charge >= 0.3 is 0 Å². The lowest BCUT2D eigenvalue weighted by molar-refractivity contribution is 0.112. The van der Waals surface area contributed by atoms with E-state index < -0.39 is 0 Å². The molecule has 0 saturated carbocycles. The molecule has 1 atom stereocenters. The number of hydrogen-bond donors (Lipinski definition) is 1. The predicted octanol–water partition coefficient (Wildman–Crippen LogP) is 4.05. The molecule has 106 valence electrons. The summed E-state index contributed by atoms with van der Waals surface area (Å²) in [6, 6.07) is 10.0. The first kappa shape index (κ1) is 14.9. The largest absolute Gasteiger partial charge is 0.374 e. The molecule has 0 amide bonds. The van der Waals surface area contributed by atoms with Crippen LogP contribution in [-0.4, -0.2) is 23.6 Å². The predicted molar refractivity (Wildman–Crippen MR) is 84.8 cm³/mol. The molecular weight excluding hydrogens is 318 g/mol. The second kappa shape index (κ2) is 6.81. The first-order valence-corrected chi connectivity index (χ1v) is 7.36. The van der Waals surface area contributed by atoms with Crippen molar-refractivity contribution in [3.05, 3.63) is 40.6 Å². The zero-order chi connectivity index (χ0) is 14.5. The number of halogens is 1. The van der Waals surface area contributed by atoms with Crippen LogP contribution >= 0.6 is 15.9 Å². The van der Waals surface area contributed by atoms with Gasteiger partial charge in [0.15, 0.2) is 5.82 Å². The monoisotopic (exact) mass is 335 g/mol. The molecule has 0 radical (unpaired) electrons. The normalized spacial score (nSPS) is 12.2. The molecule has 0 aliphatic carbocycles. The molecule has 2 rings (SSSR count). The number of anilines is 1. The second-order valence-corrected chi connectivity index (χ2v) is 5.16. The zero-order valence-corrected chi connectivity index (χ0v) is 13.4. The fourth-order valence-corrected chi connectivity index (χ4v) is 2.37. The summed E-state index contributed by atoms with van der Waals surface area (Å²) in [4.78, 5) is 9.16. The molecule has 5 heteroatoms. The van der Waals surface area contributed by atoms with E-state index in [1.165, 1.54) is 0 Å². The van der Waals surface area contributed by atoms with Gasteiger partial charge in [-0.2, -0.15) is 0 Å². The third kappa shape index (κ3) is 3.16. The number of ether oxygens (including phenoxy) is 1. The van der Waals surface area contributed by atoms with Crippen LogP contribution in [0, 0.1) is 0 Å². The van der Waals surface area contributed by atoms with Crippen molar-refractivity contribution in [1.82, 2.24) is 9.97 Å². The Bertz CT molecular complexity index is 575. The Morgan fingerprint density at radius 1 is 1.25 bits per heavy atom. The third-order valence-corrected chi connectivity index (χ3v) is 3.73. The highest BCUT2D eigenvalue weighted by molar-refractivity contribution is 9.10. The van der Waals surface area contributed by atoms with Gasteiger partial charge in [0.05, 0.1) is 10.2 Å². The highest BCUT2D eigenvalue weighted by Crippen LogP contribution is 2.32. The van der Waals surface area contributed by atoms with E-state index in [1.54, 1.807) is 7.11 Å². The second-order valence-electron chi connectivity index (χ2n) is 4.37. The van der Waals surface area contributed by atoms with Crippen LogP contribution in [0.25, 0.3) is 11.3 Å². The molecule has 0 aliphatic rings. The standard InChI is InChI=1S/C15H18BrN3O/c1-4-17-15-12(16)13(11-8-6-5-7-9-11)18-14(19-15)10(2)20-3/h5-10H,4H2,1-3H3,(H,17,18,19). The van der Waals surface area contributed by atoms with Crippen LogP contribution in [0.3, 0.4) is 0 Å². The molecule has 0 saturated heterocycles. The van der Waals surface area contributed by atoms with E-state index in [0.29, 0.717) is 5.82 Å². The molecule has 2 aromatic rings. The summed E-state index contributed by atoms with van der Waals surface area (Å²) >= 11 is 3.60. The minimum Gasteiger partial charge on any atom is -0.374 e. The van der Waals surface area contributed by atoms with Crippen LogP contribution in [0.15, 0.2) is 34.8 Å². The van der Waals surface area contributed by atoms with Crippen molar-refractivity contribution in [1.29, 1.82) is 0 Å². The highest BCUT2D eigenvalue weighted by Gasteiger charge is 2.16. The smallest absolute Gasteiger partial charge is 0.159 e. The van der Waals surface area contributed by atoms with Crippen LogP contribution in [0.2, 0.25) is 0 Å². The lowest BCUT2D eigenvalue weighted by atomic mass is 10.1. The van der Waals surface area contributed by atoms with Crippen molar-refractivity contribution in [2.75, 3.05) is 19.0 Å². The van der Waals surface area contributed by atoms with E-state index >= 15 is 0 Å². The van der Waals surface area contributed by atoms with Crippen molar-refractivity contribution in [2.24, 2.45) is 0 Å². The van der Waals surface area contributed by atoms with E-state index in [-0.39, 0.29) is 6.10 Å². The summed E-state index contributed by atoms with van der Waals surface area (Å²) in [5.41, 5.74) is 1.92. The minimum absolute atomic E-state index is 0.150. The molecule has 4 nitrogen and oxygen atoms in total. The summed E-state index contributed by atoms with van der Waals surface area (Å²) in [5.74, 6) is 1.46. The number of hydrogen-bond acceptors (Lipinski definition) is 4. The van der Waals surface area contributed by atoms with Gasteiger partial charge in [0, 0.05) is 19.2 Å². The van der Waals surface area contributed by atoms with E-state index in [1.807, 2.05) is 44.2 Å². The number of rotatable bonds is 5. The van der Waals surface area contributed by atoms with E-state index in [9.17, 15) is 0 Å². The average Bonchev–Trinajstić information content (AvgIpc) is 2.49. The van der Waals surface area contributed by atoms with Gasteiger partial charge in [-0.25, -0.2) is 9.97 Å². The molecule has 0 bridgehead atoms. The van der Waals surface area contributed by atoms with Gasteiger partial charge in [0.25, 0.3) is 0 Å². The van der Waals surface area contributed by atoms with Gasteiger partial charge in [0.2, 0.25) is 0 Å². The van der Waals surface area contributed by atoms with Crippen LogP contribution in [0.5, 0.6) is 0 Å². The number of nitrogens with one attached hydrogen (secondary N) is 1. The van der Waals surface area contributed by atoms with Crippen molar-refractivity contribution >= 4 is 21.7 Å². The van der Waals surface area contributed by atoms with Gasteiger partial charge in [0.1, 0.15) is 11.9 Å². The molecule has 0 spiro atoms. The Morgan fingerprint density at radius 2 is 1.95 bits per heavy atom. The fourth-order valence-electron chi connectivity index (χ4n) is 1.82. The summed E-state index contributed by atoms with van der Waals surface area (Å²) in [5, 5.41) is 3.25. The van der Waals surface area contributed by atoms with Gasteiger partial charge in [-0.15, -0.1) is 0 Å². The molecule has 1 aromatic heterocycles. The maximum absolute atomic E-state index is 5.33. The lowest BCUT2D eigenvalue weighted by Crippen LogP contribution is -2.09. The maximum Gasteiger partial charge on any atom is 0.159 e.